The number of piperazine rings is 1. The van der Waals surface area contributed by atoms with Crippen molar-refractivity contribution in [3.63, 3.8) is 0 Å². The SMILES string of the molecule is CC12CCC(C(S(=O)(=O)O)C1=O)C2(C)C.Cc1ccc(NC(=O)c2ccc(CN3CCN(C)CC3)cc2)cc1Nc1nccc(-c2cccnc2)n1. The maximum atomic E-state index is 12.9. The number of ketones is 1. The van der Waals surface area contributed by atoms with Gasteiger partial charge in [0.05, 0.1) is 5.69 Å². The Morgan fingerprint density at radius 1 is 1.00 bits per heavy atom. The molecule has 13 heteroatoms. The fraction of sp³-hybridized carbons (Fsp3) is 0.410. The fourth-order valence-electron chi connectivity index (χ4n) is 7.62. The van der Waals surface area contributed by atoms with Gasteiger partial charge in [-0.05, 0) is 91.7 Å². The van der Waals surface area contributed by atoms with E-state index in [1.807, 2.05) is 88.4 Å². The van der Waals surface area contributed by atoms with Crippen LogP contribution in [0, 0.1) is 23.7 Å². The maximum absolute atomic E-state index is 12.9. The number of aromatic nitrogens is 3. The van der Waals surface area contributed by atoms with E-state index in [9.17, 15) is 18.0 Å². The van der Waals surface area contributed by atoms with Crippen molar-refractivity contribution in [3.8, 4) is 11.3 Å². The van der Waals surface area contributed by atoms with Crippen molar-refractivity contribution in [2.24, 2.45) is 16.7 Å². The van der Waals surface area contributed by atoms with Gasteiger partial charge in [-0.15, -0.1) is 0 Å². The molecule has 1 aliphatic heterocycles. The molecule has 3 N–H and O–H groups in total. The number of nitrogens with zero attached hydrogens (tertiary/aromatic N) is 5. The number of anilines is 3. The summed E-state index contributed by atoms with van der Waals surface area (Å²) < 4.78 is 31.5. The molecule has 2 aliphatic carbocycles. The number of likely N-dealkylation sites (N-methyl/N-ethyl adjacent to an activating group) is 1. The first-order chi connectivity index (χ1) is 24.7. The highest BCUT2D eigenvalue weighted by atomic mass is 32.2. The molecule has 7 rings (SSSR count). The first-order valence-corrected chi connectivity index (χ1v) is 19.1. The Morgan fingerprint density at radius 2 is 1.73 bits per heavy atom. The van der Waals surface area contributed by atoms with Gasteiger partial charge in [-0.2, -0.15) is 8.42 Å². The number of nitrogens with one attached hydrogen (secondary N) is 2. The molecule has 3 aliphatic rings. The molecule has 4 aromatic rings. The minimum absolute atomic E-state index is 0.143. The first kappa shape index (κ1) is 37.2. The van der Waals surface area contributed by atoms with Crippen LogP contribution < -0.4 is 10.6 Å². The molecular formula is C39H47N7O5S. The molecule has 2 bridgehead atoms. The highest BCUT2D eigenvalue weighted by molar-refractivity contribution is 7.87. The van der Waals surface area contributed by atoms with E-state index in [0.717, 1.165) is 61.7 Å². The third-order valence-corrected chi connectivity index (χ3v) is 12.6. The average molecular weight is 726 g/mol. The Balaban J connectivity index is 0.000000258. The van der Waals surface area contributed by atoms with Gasteiger partial charge in [0.25, 0.3) is 16.0 Å². The van der Waals surface area contributed by atoms with Gasteiger partial charge in [0.1, 0.15) is 5.25 Å². The fourth-order valence-corrected chi connectivity index (χ4v) is 9.05. The van der Waals surface area contributed by atoms with E-state index in [2.05, 4.69) is 42.4 Å². The number of hydrogen-bond donors (Lipinski definition) is 3. The lowest BCUT2D eigenvalue weighted by Gasteiger charge is -2.32. The summed E-state index contributed by atoms with van der Waals surface area (Å²) in [6.45, 7) is 12.9. The van der Waals surface area contributed by atoms with Crippen molar-refractivity contribution in [3.05, 3.63) is 95.9 Å². The van der Waals surface area contributed by atoms with Crippen LogP contribution in [0.5, 0.6) is 0 Å². The monoisotopic (exact) mass is 725 g/mol. The van der Waals surface area contributed by atoms with Crippen molar-refractivity contribution in [2.75, 3.05) is 43.9 Å². The third-order valence-electron chi connectivity index (χ3n) is 11.4. The van der Waals surface area contributed by atoms with Crippen molar-refractivity contribution in [1.82, 2.24) is 24.8 Å². The largest absolute Gasteiger partial charge is 0.324 e. The second kappa shape index (κ2) is 14.8. The number of carbonyl (C=O) groups is 2. The van der Waals surface area contributed by atoms with E-state index in [1.165, 1.54) is 5.56 Å². The van der Waals surface area contributed by atoms with Crippen LogP contribution in [0.1, 0.15) is 55.1 Å². The van der Waals surface area contributed by atoms with E-state index in [-0.39, 0.29) is 23.0 Å². The zero-order valence-corrected chi connectivity index (χ0v) is 31.2. The minimum atomic E-state index is -4.24. The predicted molar refractivity (Wildman–Crippen MR) is 202 cm³/mol. The molecule has 0 radical (unpaired) electrons. The molecule has 2 saturated carbocycles. The van der Waals surface area contributed by atoms with Crippen molar-refractivity contribution in [1.29, 1.82) is 0 Å². The van der Waals surface area contributed by atoms with E-state index in [4.69, 9.17) is 4.55 Å². The Kier molecular flexibility index (Phi) is 10.6. The van der Waals surface area contributed by atoms with E-state index < -0.39 is 20.8 Å². The lowest BCUT2D eigenvalue weighted by Crippen LogP contribution is -2.43. The molecule has 3 unspecified atom stereocenters. The van der Waals surface area contributed by atoms with Crippen LogP contribution in [0.4, 0.5) is 17.3 Å². The van der Waals surface area contributed by atoms with Crippen molar-refractivity contribution in [2.45, 2.75) is 52.3 Å². The van der Waals surface area contributed by atoms with Gasteiger partial charge < -0.3 is 15.5 Å². The molecule has 52 heavy (non-hydrogen) atoms. The number of pyridine rings is 1. The van der Waals surface area contributed by atoms with Crippen molar-refractivity contribution >= 4 is 39.1 Å². The van der Waals surface area contributed by atoms with Crippen LogP contribution >= 0.6 is 0 Å². The molecular weight excluding hydrogens is 679 g/mol. The average Bonchev–Trinajstić information content (AvgIpc) is 3.44. The Morgan fingerprint density at radius 3 is 2.35 bits per heavy atom. The third kappa shape index (κ3) is 7.77. The molecule has 12 nitrogen and oxygen atoms in total. The summed E-state index contributed by atoms with van der Waals surface area (Å²) >= 11 is 0. The number of carbonyl (C=O) groups excluding carboxylic acids is 2. The summed E-state index contributed by atoms with van der Waals surface area (Å²) in [6, 6.07) is 19.3. The normalized spacial score (nSPS) is 22.8. The second-order valence-electron chi connectivity index (χ2n) is 14.9. The summed E-state index contributed by atoms with van der Waals surface area (Å²) in [5.74, 6) is -0.198. The summed E-state index contributed by atoms with van der Waals surface area (Å²) in [5.41, 5.74) is 5.17. The molecule has 3 atom stereocenters. The number of hydrogen-bond acceptors (Lipinski definition) is 10. The highest BCUT2D eigenvalue weighted by Crippen LogP contribution is 2.64. The van der Waals surface area contributed by atoms with Crippen LogP contribution in [0.2, 0.25) is 0 Å². The zero-order valence-electron chi connectivity index (χ0n) is 30.3. The van der Waals surface area contributed by atoms with Gasteiger partial charge in [-0.1, -0.05) is 39.0 Å². The molecule has 1 amide bonds. The number of fused-ring (bicyclic) bond motifs is 2. The van der Waals surface area contributed by atoms with Gasteiger partial charge >= 0.3 is 0 Å². The lowest BCUT2D eigenvalue weighted by molar-refractivity contribution is -0.128. The highest BCUT2D eigenvalue weighted by Gasteiger charge is 2.69. The van der Waals surface area contributed by atoms with Gasteiger partial charge in [-0.3, -0.25) is 24.0 Å². The van der Waals surface area contributed by atoms with Gasteiger partial charge in [0, 0.05) is 79.2 Å². The quantitative estimate of drug-likeness (QED) is 0.187. The van der Waals surface area contributed by atoms with Gasteiger partial charge in [-0.25, -0.2) is 9.97 Å². The standard InChI is InChI=1S/C29H31N7O.C10H16O4S/c1-21-5-10-25(18-27(21)34-29-31-13-11-26(33-29)24-4-3-12-30-19-24)32-28(37)23-8-6-22(7-9-23)20-36-16-14-35(2)15-17-36;1-9(2)6-4-5-10(9,3)8(11)7(6)15(12,13)14/h3-13,18-19H,14-17,20H2,1-2H3,(H,32,37)(H,31,33,34);6-7H,4-5H2,1-3H3,(H,12,13,14). The van der Waals surface area contributed by atoms with Gasteiger partial charge in [0.15, 0.2) is 5.78 Å². The number of benzene rings is 2. The van der Waals surface area contributed by atoms with E-state index >= 15 is 0 Å². The Bertz CT molecular complexity index is 2030. The topological polar surface area (TPSA) is 158 Å². The molecule has 1 saturated heterocycles. The van der Waals surface area contributed by atoms with Crippen LogP contribution in [0.3, 0.4) is 0 Å². The summed E-state index contributed by atoms with van der Waals surface area (Å²) in [4.78, 5) is 42.9. The molecule has 2 aromatic carbocycles. The van der Waals surface area contributed by atoms with Gasteiger partial charge in [0.2, 0.25) is 5.95 Å². The molecule has 2 aromatic heterocycles. The number of aryl methyl sites for hydroxylation is 1. The Labute approximate surface area is 305 Å². The molecule has 3 fully saturated rings. The second-order valence-corrected chi connectivity index (χ2v) is 16.4. The number of amides is 1. The van der Waals surface area contributed by atoms with E-state index in [1.54, 1.807) is 18.6 Å². The number of rotatable bonds is 8. The zero-order chi connectivity index (χ0) is 37.3. The van der Waals surface area contributed by atoms with E-state index in [0.29, 0.717) is 23.6 Å². The summed E-state index contributed by atoms with van der Waals surface area (Å²) in [5, 5.41) is 5.11. The molecule has 274 valence electrons. The smallest absolute Gasteiger partial charge is 0.275 e. The van der Waals surface area contributed by atoms with Crippen LogP contribution in [-0.2, 0) is 21.5 Å². The van der Waals surface area contributed by atoms with Crippen LogP contribution in [0.15, 0.2) is 79.3 Å². The first-order valence-electron chi connectivity index (χ1n) is 17.6. The summed E-state index contributed by atoms with van der Waals surface area (Å²) in [6.07, 6.45) is 6.66. The Hall–Kier alpha value is -4.56. The molecule has 3 heterocycles. The van der Waals surface area contributed by atoms with Crippen LogP contribution in [0.25, 0.3) is 11.3 Å². The summed E-state index contributed by atoms with van der Waals surface area (Å²) in [7, 11) is -2.08. The van der Waals surface area contributed by atoms with Crippen LogP contribution in [-0.4, -0.2) is 87.9 Å². The predicted octanol–water partition coefficient (Wildman–Crippen LogP) is 5.86. The molecule has 0 spiro atoms. The lowest BCUT2D eigenvalue weighted by atomic mass is 9.70. The maximum Gasteiger partial charge on any atom is 0.275 e. The van der Waals surface area contributed by atoms with Crippen molar-refractivity contribution < 1.29 is 22.6 Å². The number of Topliss-reactive ketones (excluding diaryl/α,β-unsaturated/α-hetero) is 1. The minimum Gasteiger partial charge on any atom is -0.324 e.